The smallest absolute Gasteiger partial charge is 0.305 e. The first-order valence-corrected chi connectivity index (χ1v) is 7.15. The zero-order valence-electron chi connectivity index (χ0n) is 12.6. The molecule has 0 saturated heterocycles. The summed E-state index contributed by atoms with van der Waals surface area (Å²) in [5, 5.41) is 16.4. The van der Waals surface area contributed by atoms with E-state index in [4.69, 9.17) is 5.11 Å². The lowest BCUT2D eigenvalue weighted by atomic mass is 10.2. The number of carboxylic acid groups (broad SMARTS) is 1. The summed E-state index contributed by atoms with van der Waals surface area (Å²) in [4.78, 5) is 24.3. The summed E-state index contributed by atoms with van der Waals surface area (Å²) in [6.45, 7) is 2.54. The molecule has 1 aromatic carbocycles. The minimum absolute atomic E-state index is 0.113. The molecule has 23 heavy (non-hydrogen) atoms. The van der Waals surface area contributed by atoms with Crippen LogP contribution in [-0.4, -0.2) is 50.0 Å². The molecule has 0 aliphatic carbocycles. The quantitative estimate of drug-likeness (QED) is 0.833. The molecular formula is C15H17FN4O3. The Labute approximate surface area is 132 Å². The van der Waals surface area contributed by atoms with Crippen LogP contribution in [0.25, 0.3) is 0 Å². The van der Waals surface area contributed by atoms with E-state index in [1.165, 1.54) is 27.9 Å². The van der Waals surface area contributed by atoms with Gasteiger partial charge >= 0.3 is 5.97 Å². The predicted molar refractivity (Wildman–Crippen MR) is 79.4 cm³/mol. The molecule has 0 fully saturated rings. The third kappa shape index (κ3) is 4.60. The van der Waals surface area contributed by atoms with E-state index < -0.39 is 5.97 Å². The maximum absolute atomic E-state index is 13.2. The van der Waals surface area contributed by atoms with Crippen molar-refractivity contribution < 1.29 is 19.1 Å². The van der Waals surface area contributed by atoms with Gasteiger partial charge in [-0.15, -0.1) is 5.10 Å². The molecule has 0 radical (unpaired) electrons. The van der Waals surface area contributed by atoms with Gasteiger partial charge in [-0.3, -0.25) is 9.59 Å². The third-order valence-electron chi connectivity index (χ3n) is 3.26. The van der Waals surface area contributed by atoms with Gasteiger partial charge in [-0.2, -0.15) is 0 Å². The highest BCUT2D eigenvalue weighted by molar-refractivity contribution is 5.92. The van der Waals surface area contributed by atoms with Crippen LogP contribution in [-0.2, 0) is 11.3 Å². The number of halogens is 1. The lowest BCUT2D eigenvalue weighted by Gasteiger charge is -2.18. The fraction of sp³-hybridized carbons (Fsp3) is 0.333. The van der Waals surface area contributed by atoms with E-state index in [2.05, 4.69) is 10.3 Å². The molecule has 8 heteroatoms. The molecule has 0 aliphatic rings. The van der Waals surface area contributed by atoms with Crippen molar-refractivity contribution in [2.45, 2.75) is 19.9 Å². The normalized spacial score (nSPS) is 10.5. The Kier molecular flexibility index (Phi) is 5.40. The summed E-state index contributed by atoms with van der Waals surface area (Å²) in [6, 6.07) is 6.07. The molecule has 0 aliphatic heterocycles. The molecule has 122 valence electrons. The largest absolute Gasteiger partial charge is 0.481 e. The first kappa shape index (κ1) is 16.6. The van der Waals surface area contributed by atoms with Gasteiger partial charge in [-0.25, -0.2) is 9.07 Å². The van der Waals surface area contributed by atoms with Crippen LogP contribution in [0.1, 0.15) is 29.4 Å². The van der Waals surface area contributed by atoms with Gasteiger partial charge in [-0.05, 0) is 24.6 Å². The highest BCUT2D eigenvalue weighted by Gasteiger charge is 2.18. The molecular weight excluding hydrogens is 303 g/mol. The van der Waals surface area contributed by atoms with E-state index in [9.17, 15) is 14.0 Å². The Hall–Kier alpha value is -2.77. The number of hydrogen-bond acceptors (Lipinski definition) is 4. The topological polar surface area (TPSA) is 88.3 Å². The van der Waals surface area contributed by atoms with Gasteiger partial charge in [0.1, 0.15) is 5.82 Å². The molecule has 0 bridgehead atoms. The van der Waals surface area contributed by atoms with Crippen LogP contribution >= 0.6 is 0 Å². The van der Waals surface area contributed by atoms with Crippen molar-refractivity contribution in [3.63, 3.8) is 0 Å². The second kappa shape index (κ2) is 7.48. The number of aromatic nitrogens is 3. The Balaban J connectivity index is 2.05. The zero-order chi connectivity index (χ0) is 16.8. The number of carboxylic acids is 1. The molecule has 0 atom stereocenters. The summed E-state index contributed by atoms with van der Waals surface area (Å²) < 4.78 is 14.6. The Morgan fingerprint density at radius 1 is 1.39 bits per heavy atom. The molecule has 1 aromatic heterocycles. The number of benzene rings is 1. The minimum atomic E-state index is -0.967. The van der Waals surface area contributed by atoms with Crippen molar-refractivity contribution in [2.75, 3.05) is 13.1 Å². The van der Waals surface area contributed by atoms with Crippen LogP contribution in [0.5, 0.6) is 0 Å². The zero-order valence-corrected chi connectivity index (χ0v) is 12.6. The summed E-state index contributed by atoms with van der Waals surface area (Å²) in [5.74, 6) is -1.69. The van der Waals surface area contributed by atoms with Crippen LogP contribution in [0.3, 0.4) is 0 Å². The van der Waals surface area contributed by atoms with E-state index >= 15 is 0 Å². The fourth-order valence-electron chi connectivity index (χ4n) is 2.09. The molecule has 2 aromatic rings. The average molecular weight is 320 g/mol. The van der Waals surface area contributed by atoms with Crippen molar-refractivity contribution in [1.29, 1.82) is 0 Å². The van der Waals surface area contributed by atoms with Gasteiger partial charge in [0.2, 0.25) is 0 Å². The van der Waals surface area contributed by atoms with Gasteiger partial charge in [0.25, 0.3) is 5.91 Å². The van der Waals surface area contributed by atoms with Crippen molar-refractivity contribution in [2.24, 2.45) is 0 Å². The molecule has 2 rings (SSSR count). The molecule has 1 N–H and O–H groups in total. The van der Waals surface area contributed by atoms with Crippen LogP contribution in [0.4, 0.5) is 4.39 Å². The van der Waals surface area contributed by atoms with Gasteiger partial charge < -0.3 is 10.0 Å². The third-order valence-corrected chi connectivity index (χ3v) is 3.26. The van der Waals surface area contributed by atoms with Crippen molar-refractivity contribution >= 4 is 11.9 Å². The lowest BCUT2D eigenvalue weighted by Crippen LogP contribution is -2.33. The van der Waals surface area contributed by atoms with E-state index in [0.29, 0.717) is 18.7 Å². The van der Waals surface area contributed by atoms with Crippen molar-refractivity contribution in [3.05, 3.63) is 47.5 Å². The van der Waals surface area contributed by atoms with Crippen molar-refractivity contribution in [3.8, 4) is 0 Å². The van der Waals surface area contributed by atoms with Gasteiger partial charge in [0.05, 0.1) is 19.2 Å². The average Bonchev–Trinajstić information content (AvgIpc) is 2.96. The molecule has 1 amide bonds. The Morgan fingerprint density at radius 2 is 2.17 bits per heavy atom. The summed E-state index contributed by atoms with van der Waals surface area (Å²) in [5.41, 5.74) is 0.834. The van der Waals surface area contributed by atoms with Crippen LogP contribution in [0, 0.1) is 5.82 Å². The monoisotopic (exact) mass is 320 g/mol. The van der Waals surface area contributed by atoms with Gasteiger partial charge in [-0.1, -0.05) is 17.3 Å². The Morgan fingerprint density at radius 3 is 2.83 bits per heavy atom. The van der Waals surface area contributed by atoms with Crippen LogP contribution in [0.15, 0.2) is 30.5 Å². The molecule has 7 nitrogen and oxygen atoms in total. The van der Waals surface area contributed by atoms with Gasteiger partial charge in [0, 0.05) is 13.1 Å². The molecule has 1 heterocycles. The number of amides is 1. The number of nitrogens with zero attached hydrogens (tertiary/aromatic N) is 4. The molecule has 0 saturated carbocycles. The van der Waals surface area contributed by atoms with E-state index in [1.54, 1.807) is 19.1 Å². The van der Waals surface area contributed by atoms with Gasteiger partial charge in [0.15, 0.2) is 5.69 Å². The summed E-state index contributed by atoms with van der Waals surface area (Å²) in [6.07, 6.45) is 1.34. The SMILES string of the molecule is CCN(CCC(=O)O)C(=O)c1cn(Cc2cccc(F)c2)nn1. The fourth-order valence-corrected chi connectivity index (χ4v) is 2.09. The maximum atomic E-state index is 13.2. The Bertz CT molecular complexity index is 702. The highest BCUT2D eigenvalue weighted by atomic mass is 19.1. The first-order valence-electron chi connectivity index (χ1n) is 7.15. The standard InChI is InChI=1S/C15H17FN4O3/c1-2-19(7-6-14(21)22)15(23)13-10-20(18-17-13)9-11-4-3-5-12(16)8-11/h3-5,8,10H,2,6-7,9H2,1H3,(H,21,22). The first-order chi connectivity index (χ1) is 11.0. The second-order valence-electron chi connectivity index (χ2n) is 4.96. The molecule has 0 spiro atoms. The van der Waals surface area contributed by atoms with E-state index in [0.717, 1.165) is 0 Å². The number of aliphatic carboxylic acids is 1. The highest BCUT2D eigenvalue weighted by Crippen LogP contribution is 2.07. The number of rotatable bonds is 7. The summed E-state index contributed by atoms with van der Waals surface area (Å²) in [7, 11) is 0. The molecule has 0 unspecified atom stereocenters. The second-order valence-corrected chi connectivity index (χ2v) is 4.96. The number of hydrogen-bond donors (Lipinski definition) is 1. The lowest BCUT2D eigenvalue weighted by molar-refractivity contribution is -0.137. The summed E-state index contributed by atoms with van der Waals surface area (Å²) >= 11 is 0. The van der Waals surface area contributed by atoms with Crippen LogP contribution in [0.2, 0.25) is 0 Å². The predicted octanol–water partition coefficient (Wildman–Crippen LogP) is 1.40. The number of carbonyl (C=O) groups excluding carboxylic acids is 1. The van der Waals surface area contributed by atoms with Crippen LogP contribution < -0.4 is 0 Å². The van der Waals surface area contributed by atoms with E-state index in [1.807, 2.05) is 0 Å². The number of carbonyl (C=O) groups is 2. The van der Waals surface area contributed by atoms with Crippen molar-refractivity contribution in [1.82, 2.24) is 19.9 Å². The van der Waals surface area contributed by atoms with E-state index in [-0.39, 0.29) is 30.4 Å². The maximum Gasteiger partial charge on any atom is 0.305 e. The minimum Gasteiger partial charge on any atom is -0.481 e.